The van der Waals surface area contributed by atoms with E-state index in [9.17, 15) is 0 Å². The molecule has 0 bridgehead atoms. The summed E-state index contributed by atoms with van der Waals surface area (Å²) in [6.07, 6.45) is 7.72. The summed E-state index contributed by atoms with van der Waals surface area (Å²) < 4.78 is 10.6. The van der Waals surface area contributed by atoms with Crippen molar-refractivity contribution in [2.45, 2.75) is 51.6 Å². The molecule has 1 saturated carbocycles. The molecule has 4 unspecified atom stereocenters. The molecule has 0 radical (unpaired) electrons. The largest absolute Gasteiger partial charge is 0.454 e. The van der Waals surface area contributed by atoms with Crippen LogP contribution >= 0.6 is 11.3 Å². The number of aromatic nitrogens is 1. The molecule has 42 heavy (non-hydrogen) atoms. The van der Waals surface area contributed by atoms with Crippen LogP contribution in [0.1, 0.15) is 51.6 Å². The molecule has 9 rings (SSSR count). The van der Waals surface area contributed by atoms with Crippen LogP contribution in [0.5, 0.6) is 0 Å². The first kappa shape index (κ1) is 24.4. The highest BCUT2D eigenvalue weighted by atomic mass is 32.1. The lowest BCUT2D eigenvalue weighted by Gasteiger charge is -2.61. The Morgan fingerprint density at radius 1 is 0.976 bits per heavy atom. The Morgan fingerprint density at radius 3 is 2.62 bits per heavy atom. The predicted molar refractivity (Wildman–Crippen MR) is 174 cm³/mol. The highest BCUT2D eigenvalue weighted by Crippen LogP contribution is 2.63. The number of hydrogen-bond donors (Lipinski definition) is 1. The summed E-state index contributed by atoms with van der Waals surface area (Å²) in [5.41, 5.74) is 12.3. The monoisotopic (exact) mass is 565 g/mol. The summed E-state index contributed by atoms with van der Waals surface area (Å²) in [6.45, 7) is 13.2. The van der Waals surface area contributed by atoms with Gasteiger partial charge in [-0.15, -0.1) is 17.9 Å². The fourth-order valence-corrected chi connectivity index (χ4v) is 9.61. The first-order chi connectivity index (χ1) is 20.4. The maximum absolute atomic E-state index is 6.83. The van der Waals surface area contributed by atoms with E-state index in [1.165, 1.54) is 70.5 Å². The molecule has 1 fully saturated rings. The van der Waals surface area contributed by atoms with Crippen LogP contribution in [0.15, 0.2) is 90.0 Å². The molecular formula is C38H33N2OS+. The van der Waals surface area contributed by atoms with Gasteiger partial charge in [-0.2, -0.15) is 4.57 Å². The van der Waals surface area contributed by atoms with E-state index in [1.807, 2.05) is 11.3 Å². The van der Waals surface area contributed by atoms with Gasteiger partial charge in [0.25, 0.3) is 0 Å². The van der Waals surface area contributed by atoms with E-state index in [-0.39, 0.29) is 11.5 Å². The zero-order chi connectivity index (χ0) is 28.5. The van der Waals surface area contributed by atoms with Gasteiger partial charge in [-0.25, -0.2) is 0 Å². The summed E-state index contributed by atoms with van der Waals surface area (Å²) in [4.78, 5) is 1.31. The number of aryl methyl sites for hydroxylation is 3. The minimum atomic E-state index is -0.171. The molecule has 2 aliphatic heterocycles. The number of rotatable bonds is 1. The van der Waals surface area contributed by atoms with E-state index in [0.717, 1.165) is 17.6 Å². The summed E-state index contributed by atoms with van der Waals surface area (Å²) in [7, 11) is 0. The van der Waals surface area contributed by atoms with Crippen molar-refractivity contribution in [3.05, 3.63) is 118 Å². The van der Waals surface area contributed by atoms with E-state index < -0.39 is 0 Å². The van der Waals surface area contributed by atoms with E-state index >= 15 is 0 Å². The summed E-state index contributed by atoms with van der Waals surface area (Å²) >= 11 is 1.82. The molecule has 3 aliphatic rings. The van der Waals surface area contributed by atoms with Crippen molar-refractivity contribution in [2.24, 2.45) is 5.92 Å². The maximum atomic E-state index is 6.83. The fourth-order valence-electron chi connectivity index (χ4n) is 8.61. The zero-order valence-corrected chi connectivity index (χ0v) is 25.2. The van der Waals surface area contributed by atoms with Crippen molar-refractivity contribution >= 4 is 49.1 Å². The summed E-state index contributed by atoms with van der Waals surface area (Å²) in [5, 5.41) is 7.83. The minimum absolute atomic E-state index is 0.171. The first-order valence-corrected chi connectivity index (χ1v) is 15.8. The number of thiophene rings is 1. The van der Waals surface area contributed by atoms with Gasteiger partial charge >= 0.3 is 0 Å². The van der Waals surface area contributed by atoms with Gasteiger partial charge in [0.2, 0.25) is 5.69 Å². The second kappa shape index (κ2) is 8.23. The quantitative estimate of drug-likeness (QED) is 0.159. The van der Waals surface area contributed by atoms with Crippen molar-refractivity contribution in [1.82, 2.24) is 5.32 Å². The van der Waals surface area contributed by atoms with Gasteiger partial charge in [-0.1, -0.05) is 48.0 Å². The SMILES string of the molecule is C=CC1C2C(c3cc(C)ccc3-c3ccc(C)c[n+]32)C12Cc1ccc3c(oc4c3ccc3cc(C)sc34)c1/C(=C/C)N2. The van der Waals surface area contributed by atoms with Gasteiger partial charge in [0.1, 0.15) is 5.58 Å². The zero-order valence-electron chi connectivity index (χ0n) is 24.4. The van der Waals surface area contributed by atoms with E-state index in [2.05, 4.69) is 123 Å². The van der Waals surface area contributed by atoms with Gasteiger partial charge < -0.3 is 9.73 Å². The van der Waals surface area contributed by atoms with Gasteiger partial charge in [0, 0.05) is 44.1 Å². The molecule has 0 amide bonds. The standard InChI is InChI=1S/C38H33N2OS/c1-6-29-34-33(28-16-20(3)8-12-25(28)31-15-9-21(4)19-40(31)34)38(29)18-24-11-14-26-27-13-10-23-17-22(5)42-37(23)36(27)41-35(26)32(24)30(7-2)39-38/h6-17,19,29,33-34,39H,1,18H2,2-5H3/q+1/b30-7-. The molecule has 0 saturated heterocycles. The Morgan fingerprint density at radius 2 is 1.79 bits per heavy atom. The number of hydrogen-bond acceptors (Lipinski definition) is 3. The van der Waals surface area contributed by atoms with Crippen LogP contribution < -0.4 is 9.88 Å². The molecule has 4 heteroatoms. The predicted octanol–water partition coefficient (Wildman–Crippen LogP) is 9.08. The lowest BCUT2D eigenvalue weighted by Crippen LogP contribution is -2.75. The van der Waals surface area contributed by atoms with Crippen LogP contribution in [0.2, 0.25) is 0 Å². The normalized spacial score (nSPS) is 24.8. The molecule has 206 valence electrons. The third-order valence-electron chi connectivity index (χ3n) is 10.3. The Hall–Kier alpha value is -4.15. The highest BCUT2D eigenvalue weighted by molar-refractivity contribution is 7.19. The molecule has 6 aromatic rings. The van der Waals surface area contributed by atoms with Gasteiger partial charge in [0.15, 0.2) is 17.8 Å². The number of furan rings is 1. The van der Waals surface area contributed by atoms with Crippen LogP contribution in [-0.4, -0.2) is 5.54 Å². The Labute approximate surface area is 249 Å². The fraction of sp³-hybridized carbons (Fsp3) is 0.237. The molecule has 1 spiro atoms. The van der Waals surface area contributed by atoms with Gasteiger partial charge in [-0.3, -0.25) is 0 Å². The number of benzene rings is 3. The summed E-state index contributed by atoms with van der Waals surface area (Å²) in [6, 6.07) is 23.3. The molecule has 5 heterocycles. The van der Waals surface area contributed by atoms with Crippen molar-refractivity contribution in [1.29, 1.82) is 0 Å². The highest BCUT2D eigenvalue weighted by Gasteiger charge is 2.69. The molecular weight excluding hydrogens is 532 g/mol. The lowest BCUT2D eigenvalue weighted by atomic mass is 9.48. The number of nitrogens with one attached hydrogen (secondary N) is 1. The molecule has 1 aliphatic carbocycles. The van der Waals surface area contributed by atoms with Crippen molar-refractivity contribution < 1.29 is 8.98 Å². The molecule has 1 N–H and O–H groups in total. The van der Waals surface area contributed by atoms with Crippen LogP contribution in [0, 0.1) is 26.7 Å². The van der Waals surface area contributed by atoms with E-state index in [1.54, 1.807) is 0 Å². The van der Waals surface area contributed by atoms with E-state index in [4.69, 9.17) is 4.42 Å². The molecule has 3 aromatic carbocycles. The van der Waals surface area contributed by atoms with Crippen LogP contribution in [0.25, 0.3) is 49.0 Å². The Balaban J connectivity index is 1.27. The van der Waals surface area contributed by atoms with Crippen LogP contribution in [-0.2, 0) is 6.42 Å². The van der Waals surface area contributed by atoms with Crippen molar-refractivity contribution in [3.8, 4) is 11.3 Å². The Kier molecular flexibility index (Phi) is 4.79. The van der Waals surface area contributed by atoms with Crippen LogP contribution in [0.4, 0.5) is 0 Å². The summed E-state index contributed by atoms with van der Waals surface area (Å²) in [5.74, 6) is 0.586. The third-order valence-corrected chi connectivity index (χ3v) is 11.4. The lowest BCUT2D eigenvalue weighted by molar-refractivity contribution is -0.740. The molecule has 3 aromatic heterocycles. The number of nitrogens with zero attached hydrogens (tertiary/aromatic N) is 1. The third kappa shape index (κ3) is 2.93. The smallest absolute Gasteiger partial charge is 0.213 e. The number of pyridine rings is 1. The van der Waals surface area contributed by atoms with Gasteiger partial charge in [-0.05, 0) is 74.9 Å². The second-order valence-corrected chi connectivity index (χ2v) is 13.9. The maximum Gasteiger partial charge on any atom is 0.213 e. The molecule has 3 nitrogen and oxygen atoms in total. The van der Waals surface area contributed by atoms with E-state index in [0.29, 0.717) is 12.0 Å². The number of fused-ring (bicyclic) bond motifs is 14. The average Bonchev–Trinajstić information content (AvgIpc) is 3.55. The first-order valence-electron chi connectivity index (χ1n) is 15.0. The van der Waals surface area contributed by atoms with Gasteiger partial charge in [0.05, 0.1) is 22.1 Å². The molecule has 4 atom stereocenters. The Bertz CT molecular complexity index is 2200. The minimum Gasteiger partial charge on any atom is -0.454 e. The number of allylic oxidation sites excluding steroid dienone is 1. The van der Waals surface area contributed by atoms with Crippen molar-refractivity contribution in [2.75, 3.05) is 0 Å². The van der Waals surface area contributed by atoms with Crippen molar-refractivity contribution in [3.63, 3.8) is 0 Å². The second-order valence-electron chi connectivity index (χ2n) is 12.7. The topological polar surface area (TPSA) is 29.0 Å². The average molecular weight is 566 g/mol. The van der Waals surface area contributed by atoms with Crippen LogP contribution in [0.3, 0.4) is 0 Å².